The molecule has 0 aliphatic carbocycles. The fourth-order valence-electron chi connectivity index (χ4n) is 1.81. The lowest BCUT2D eigenvalue weighted by molar-refractivity contribution is 0.207. The van der Waals surface area contributed by atoms with Gasteiger partial charge in [-0.05, 0) is 29.4 Å². The van der Waals surface area contributed by atoms with Crippen molar-refractivity contribution in [3.8, 4) is 11.6 Å². The van der Waals surface area contributed by atoms with E-state index in [1.165, 1.54) is 0 Å². The van der Waals surface area contributed by atoms with Gasteiger partial charge in [0, 0.05) is 25.2 Å². The van der Waals surface area contributed by atoms with Crippen molar-refractivity contribution in [3.05, 3.63) is 16.7 Å². The van der Waals surface area contributed by atoms with E-state index >= 15 is 0 Å². The maximum atomic E-state index is 5.88. The van der Waals surface area contributed by atoms with Crippen molar-refractivity contribution in [2.24, 2.45) is 0 Å². The topological polar surface area (TPSA) is 34.6 Å². The van der Waals surface area contributed by atoms with Crippen LogP contribution in [0.5, 0.6) is 11.6 Å². The maximum absolute atomic E-state index is 5.88. The van der Waals surface area contributed by atoms with E-state index in [0.29, 0.717) is 5.88 Å². The Bertz CT molecular complexity index is 373. The summed E-state index contributed by atoms with van der Waals surface area (Å²) in [5.41, 5.74) is 0. The molecule has 1 fully saturated rings. The second-order valence-electron chi connectivity index (χ2n) is 3.96. The molecule has 4 nitrogen and oxygen atoms in total. The van der Waals surface area contributed by atoms with Crippen molar-refractivity contribution in [1.29, 1.82) is 0 Å². The highest BCUT2D eigenvalue weighted by Gasteiger charge is 2.21. The summed E-state index contributed by atoms with van der Waals surface area (Å²) in [7, 11) is 3.70. The Morgan fingerprint density at radius 1 is 1.50 bits per heavy atom. The highest BCUT2D eigenvalue weighted by molar-refractivity contribution is 9.10. The average molecular weight is 287 g/mol. The number of hydrogen-bond acceptors (Lipinski definition) is 4. The molecule has 2 rings (SSSR count). The van der Waals surface area contributed by atoms with Crippen LogP contribution in [0.3, 0.4) is 0 Å². The molecule has 1 aliphatic heterocycles. The summed E-state index contributed by atoms with van der Waals surface area (Å²) in [5, 5.41) is 0. The Kier molecular flexibility index (Phi) is 3.66. The van der Waals surface area contributed by atoms with Crippen LogP contribution in [-0.2, 0) is 0 Å². The van der Waals surface area contributed by atoms with Crippen LogP contribution in [-0.4, -0.2) is 43.2 Å². The number of rotatable bonds is 3. The monoisotopic (exact) mass is 286 g/mol. The highest BCUT2D eigenvalue weighted by Crippen LogP contribution is 2.24. The fourth-order valence-corrected chi connectivity index (χ4v) is 2.21. The molecule has 2 heterocycles. The van der Waals surface area contributed by atoms with Gasteiger partial charge in [-0.25, -0.2) is 4.98 Å². The van der Waals surface area contributed by atoms with Crippen LogP contribution in [0.15, 0.2) is 16.7 Å². The van der Waals surface area contributed by atoms with Gasteiger partial charge in [0.2, 0.25) is 5.88 Å². The van der Waals surface area contributed by atoms with Gasteiger partial charge < -0.3 is 14.4 Å². The first-order valence-corrected chi connectivity index (χ1v) is 6.03. The number of halogens is 1. The smallest absolute Gasteiger partial charge is 0.217 e. The zero-order valence-corrected chi connectivity index (χ0v) is 11.0. The van der Waals surface area contributed by atoms with Crippen LogP contribution < -0.4 is 9.47 Å². The molecule has 1 atom stereocenters. The lowest BCUT2D eigenvalue weighted by Gasteiger charge is -2.14. The minimum atomic E-state index is 0.268. The number of ether oxygens (including phenoxy) is 2. The van der Waals surface area contributed by atoms with E-state index in [-0.39, 0.29) is 6.10 Å². The minimum absolute atomic E-state index is 0.268. The van der Waals surface area contributed by atoms with Crippen LogP contribution >= 0.6 is 15.9 Å². The lowest BCUT2D eigenvalue weighted by atomic mass is 10.3. The molecular formula is C11H15BrN2O2. The second kappa shape index (κ2) is 5.01. The molecule has 1 aromatic heterocycles. The molecule has 0 bridgehead atoms. The summed E-state index contributed by atoms with van der Waals surface area (Å²) in [6.07, 6.45) is 1.34. The predicted molar refractivity (Wildman–Crippen MR) is 65.0 cm³/mol. The Balaban J connectivity index is 2.06. The van der Waals surface area contributed by atoms with Gasteiger partial charge in [0.1, 0.15) is 16.5 Å². The minimum Gasteiger partial charge on any atom is -0.489 e. The van der Waals surface area contributed by atoms with Gasteiger partial charge in [-0.3, -0.25) is 0 Å². The highest BCUT2D eigenvalue weighted by atomic mass is 79.9. The van der Waals surface area contributed by atoms with Crippen LogP contribution in [0.2, 0.25) is 0 Å². The summed E-state index contributed by atoms with van der Waals surface area (Å²) in [5.74, 6) is 1.37. The van der Waals surface area contributed by atoms with Crippen LogP contribution in [0.4, 0.5) is 0 Å². The van der Waals surface area contributed by atoms with E-state index in [2.05, 4.69) is 32.9 Å². The third kappa shape index (κ3) is 2.86. The molecule has 0 spiro atoms. The van der Waals surface area contributed by atoms with Gasteiger partial charge in [-0.15, -0.1) is 0 Å². The van der Waals surface area contributed by atoms with Gasteiger partial charge in [0.05, 0.1) is 7.11 Å². The van der Waals surface area contributed by atoms with Gasteiger partial charge in [0.15, 0.2) is 0 Å². The summed E-state index contributed by atoms with van der Waals surface area (Å²) < 4.78 is 11.7. The van der Waals surface area contributed by atoms with Crippen LogP contribution in [0.25, 0.3) is 0 Å². The standard InChI is InChI=1S/C11H15BrN2O2/c1-14-4-3-8(7-14)16-9-5-10(12)13-11(6-9)15-2/h5-6,8H,3-4,7H2,1-2H3/t8-/m0/s1. The number of hydrogen-bond donors (Lipinski definition) is 0. The van der Waals surface area contributed by atoms with Gasteiger partial charge in [0.25, 0.3) is 0 Å². The molecular weight excluding hydrogens is 272 g/mol. The van der Waals surface area contributed by atoms with Gasteiger partial charge in [-0.1, -0.05) is 0 Å². The van der Waals surface area contributed by atoms with E-state index in [9.17, 15) is 0 Å². The van der Waals surface area contributed by atoms with Crippen LogP contribution in [0.1, 0.15) is 6.42 Å². The Morgan fingerprint density at radius 3 is 2.94 bits per heavy atom. The normalized spacial score (nSPS) is 21.1. The number of likely N-dealkylation sites (tertiary alicyclic amines) is 1. The number of likely N-dealkylation sites (N-methyl/N-ethyl adjacent to an activating group) is 1. The van der Waals surface area contributed by atoms with Crippen molar-refractivity contribution in [3.63, 3.8) is 0 Å². The molecule has 1 aromatic rings. The number of aromatic nitrogens is 1. The van der Waals surface area contributed by atoms with E-state index in [1.807, 2.05) is 12.1 Å². The third-order valence-corrected chi connectivity index (χ3v) is 3.01. The number of pyridine rings is 1. The van der Waals surface area contributed by atoms with Gasteiger partial charge >= 0.3 is 0 Å². The second-order valence-corrected chi connectivity index (χ2v) is 4.77. The van der Waals surface area contributed by atoms with E-state index in [1.54, 1.807) is 7.11 Å². The molecule has 1 aliphatic rings. The Labute approximate surface area is 104 Å². The maximum Gasteiger partial charge on any atom is 0.217 e. The first-order valence-electron chi connectivity index (χ1n) is 5.24. The molecule has 0 radical (unpaired) electrons. The molecule has 0 aromatic carbocycles. The molecule has 5 heteroatoms. The van der Waals surface area contributed by atoms with E-state index in [4.69, 9.17) is 9.47 Å². The predicted octanol–water partition coefficient (Wildman–Crippen LogP) is 1.94. The van der Waals surface area contributed by atoms with Crippen molar-refractivity contribution >= 4 is 15.9 Å². The third-order valence-electron chi connectivity index (χ3n) is 2.60. The Morgan fingerprint density at radius 2 is 2.31 bits per heavy atom. The first kappa shape index (κ1) is 11.7. The summed E-state index contributed by atoms with van der Waals surface area (Å²) in [6.45, 7) is 2.07. The van der Waals surface area contributed by atoms with E-state index < -0.39 is 0 Å². The van der Waals surface area contributed by atoms with Crippen molar-refractivity contribution < 1.29 is 9.47 Å². The Hall–Kier alpha value is -0.810. The largest absolute Gasteiger partial charge is 0.489 e. The molecule has 88 valence electrons. The molecule has 1 saturated heterocycles. The van der Waals surface area contributed by atoms with Crippen LogP contribution in [0, 0.1) is 0 Å². The number of methoxy groups -OCH3 is 1. The first-order chi connectivity index (χ1) is 7.67. The summed E-state index contributed by atoms with van der Waals surface area (Å²) in [4.78, 5) is 6.41. The SMILES string of the molecule is COc1cc(O[C@H]2CCN(C)C2)cc(Br)n1. The fraction of sp³-hybridized carbons (Fsp3) is 0.545. The zero-order valence-electron chi connectivity index (χ0n) is 9.44. The molecule has 0 saturated carbocycles. The molecule has 0 amide bonds. The van der Waals surface area contributed by atoms with Crippen molar-refractivity contribution in [2.45, 2.75) is 12.5 Å². The zero-order chi connectivity index (χ0) is 11.5. The summed E-state index contributed by atoms with van der Waals surface area (Å²) in [6, 6.07) is 3.67. The molecule has 0 unspecified atom stereocenters. The van der Waals surface area contributed by atoms with Crippen molar-refractivity contribution in [2.75, 3.05) is 27.2 Å². The average Bonchev–Trinajstić information content (AvgIpc) is 2.63. The summed E-state index contributed by atoms with van der Waals surface area (Å²) >= 11 is 3.33. The van der Waals surface area contributed by atoms with E-state index in [0.717, 1.165) is 29.9 Å². The quantitative estimate of drug-likeness (QED) is 0.796. The number of nitrogens with zero attached hydrogens (tertiary/aromatic N) is 2. The van der Waals surface area contributed by atoms with Gasteiger partial charge in [-0.2, -0.15) is 0 Å². The molecule has 16 heavy (non-hydrogen) atoms. The lowest BCUT2D eigenvalue weighted by Crippen LogP contribution is -2.21. The molecule has 0 N–H and O–H groups in total. The van der Waals surface area contributed by atoms with Crippen molar-refractivity contribution in [1.82, 2.24) is 9.88 Å².